The van der Waals surface area contributed by atoms with E-state index >= 15 is 0 Å². The standard InChI is InChI=1S/C19H11F2NO4/c20-13-3-8-16(17(21)11-13)18(23)9-6-15-7-10-19(26-15)12-1-4-14(5-2-12)22(24)25/h1-11H/b9-6+. The molecule has 0 saturated heterocycles. The Morgan fingerprint density at radius 1 is 1.04 bits per heavy atom. The summed E-state index contributed by atoms with van der Waals surface area (Å²) in [5, 5.41) is 10.7. The van der Waals surface area contributed by atoms with Gasteiger partial charge in [-0.2, -0.15) is 0 Å². The van der Waals surface area contributed by atoms with Crippen LogP contribution in [0.2, 0.25) is 0 Å². The van der Waals surface area contributed by atoms with E-state index < -0.39 is 22.3 Å². The van der Waals surface area contributed by atoms with Crippen molar-refractivity contribution < 1.29 is 22.9 Å². The second-order valence-corrected chi connectivity index (χ2v) is 5.33. The summed E-state index contributed by atoms with van der Waals surface area (Å²) in [6, 6.07) is 11.8. The van der Waals surface area contributed by atoms with E-state index in [0.29, 0.717) is 23.2 Å². The molecule has 0 N–H and O–H groups in total. The lowest BCUT2D eigenvalue weighted by Gasteiger charge is -1.98. The Labute approximate surface area is 146 Å². The summed E-state index contributed by atoms with van der Waals surface area (Å²) in [6.45, 7) is 0. The smallest absolute Gasteiger partial charge is 0.269 e. The molecule has 7 heteroatoms. The number of nitro benzene ring substituents is 1. The number of nitro groups is 1. The third-order valence-electron chi connectivity index (χ3n) is 3.58. The first kappa shape index (κ1) is 17.2. The molecule has 0 aliphatic heterocycles. The molecule has 3 aromatic rings. The number of carbonyl (C=O) groups excluding carboxylic acids is 1. The molecule has 0 spiro atoms. The third kappa shape index (κ3) is 3.72. The van der Waals surface area contributed by atoms with Gasteiger partial charge in [0.05, 0.1) is 10.5 Å². The Morgan fingerprint density at radius 2 is 1.77 bits per heavy atom. The fourth-order valence-corrected chi connectivity index (χ4v) is 2.28. The molecule has 0 bridgehead atoms. The topological polar surface area (TPSA) is 73.3 Å². The number of allylic oxidation sites excluding steroid dienone is 1. The lowest BCUT2D eigenvalue weighted by Crippen LogP contribution is -1.98. The molecule has 0 fully saturated rings. The zero-order valence-electron chi connectivity index (χ0n) is 13.2. The molecular weight excluding hydrogens is 344 g/mol. The number of hydrogen-bond donors (Lipinski definition) is 0. The highest BCUT2D eigenvalue weighted by Crippen LogP contribution is 2.25. The zero-order valence-corrected chi connectivity index (χ0v) is 13.2. The number of hydrogen-bond acceptors (Lipinski definition) is 4. The van der Waals surface area contributed by atoms with Crippen molar-refractivity contribution in [3.63, 3.8) is 0 Å². The molecule has 3 rings (SSSR count). The predicted octanol–water partition coefficient (Wildman–Crippen LogP) is 5.03. The number of rotatable bonds is 5. The van der Waals surface area contributed by atoms with Gasteiger partial charge in [0.25, 0.3) is 5.69 Å². The van der Waals surface area contributed by atoms with E-state index in [4.69, 9.17) is 4.42 Å². The van der Waals surface area contributed by atoms with Gasteiger partial charge in [-0.05, 0) is 48.6 Å². The van der Waals surface area contributed by atoms with Crippen molar-refractivity contribution in [2.45, 2.75) is 0 Å². The van der Waals surface area contributed by atoms with Gasteiger partial charge in [0, 0.05) is 23.8 Å². The van der Waals surface area contributed by atoms with Gasteiger partial charge in [-0.15, -0.1) is 0 Å². The van der Waals surface area contributed by atoms with Gasteiger partial charge in [-0.1, -0.05) is 0 Å². The molecule has 1 aromatic heterocycles. The third-order valence-corrected chi connectivity index (χ3v) is 3.58. The maximum absolute atomic E-state index is 13.6. The highest BCUT2D eigenvalue weighted by atomic mass is 19.1. The van der Waals surface area contributed by atoms with Gasteiger partial charge >= 0.3 is 0 Å². The van der Waals surface area contributed by atoms with E-state index in [2.05, 4.69) is 0 Å². The van der Waals surface area contributed by atoms with Crippen molar-refractivity contribution in [3.05, 3.63) is 93.7 Å². The summed E-state index contributed by atoms with van der Waals surface area (Å²) >= 11 is 0. The SMILES string of the molecule is O=C(/C=C/c1ccc(-c2ccc([N+](=O)[O-])cc2)o1)c1ccc(F)cc1F. The Morgan fingerprint density at radius 3 is 2.42 bits per heavy atom. The van der Waals surface area contributed by atoms with Crippen LogP contribution in [0, 0.1) is 21.7 Å². The van der Waals surface area contributed by atoms with E-state index in [0.717, 1.165) is 18.2 Å². The van der Waals surface area contributed by atoms with E-state index in [1.165, 1.54) is 18.2 Å². The maximum Gasteiger partial charge on any atom is 0.269 e. The Hall–Kier alpha value is -3.61. The van der Waals surface area contributed by atoms with Crippen molar-refractivity contribution in [2.24, 2.45) is 0 Å². The van der Waals surface area contributed by atoms with Crippen LogP contribution in [-0.2, 0) is 0 Å². The zero-order chi connectivity index (χ0) is 18.7. The second kappa shape index (κ2) is 7.10. The minimum Gasteiger partial charge on any atom is -0.457 e. The van der Waals surface area contributed by atoms with Crippen molar-refractivity contribution >= 4 is 17.5 Å². The number of nitrogens with zero attached hydrogens (tertiary/aromatic N) is 1. The fourth-order valence-electron chi connectivity index (χ4n) is 2.28. The Balaban J connectivity index is 1.76. The van der Waals surface area contributed by atoms with E-state index in [9.17, 15) is 23.7 Å². The van der Waals surface area contributed by atoms with Gasteiger partial charge in [-0.25, -0.2) is 8.78 Å². The van der Waals surface area contributed by atoms with Crippen LogP contribution >= 0.6 is 0 Å². The van der Waals surface area contributed by atoms with Crippen LogP contribution in [0.25, 0.3) is 17.4 Å². The number of halogens is 2. The predicted molar refractivity (Wildman–Crippen MR) is 90.5 cm³/mol. The second-order valence-electron chi connectivity index (χ2n) is 5.33. The van der Waals surface area contributed by atoms with Crippen molar-refractivity contribution in [3.8, 4) is 11.3 Å². The summed E-state index contributed by atoms with van der Waals surface area (Å²) in [7, 11) is 0. The highest BCUT2D eigenvalue weighted by Gasteiger charge is 2.11. The van der Waals surface area contributed by atoms with Crippen LogP contribution in [0.5, 0.6) is 0 Å². The lowest BCUT2D eigenvalue weighted by molar-refractivity contribution is -0.384. The minimum absolute atomic E-state index is 0.0349. The van der Waals surface area contributed by atoms with Gasteiger partial charge in [0.1, 0.15) is 23.2 Å². The van der Waals surface area contributed by atoms with Crippen molar-refractivity contribution in [2.75, 3.05) is 0 Å². The van der Waals surface area contributed by atoms with Gasteiger partial charge in [0.15, 0.2) is 5.78 Å². The summed E-state index contributed by atoms with van der Waals surface area (Å²) < 4.78 is 32.0. The van der Waals surface area contributed by atoms with E-state index in [1.54, 1.807) is 24.3 Å². The van der Waals surface area contributed by atoms with Crippen molar-refractivity contribution in [1.82, 2.24) is 0 Å². The first-order valence-electron chi connectivity index (χ1n) is 7.46. The van der Waals surface area contributed by atoms with Crippen LogP contribution in [0.3, 0.4) is 0 Å². The first-order chi connectivity index (χ1) is 12.4. The first-order valence-corrected chi connectivity index (χ1v) is 7.46. The Kier molecular flexibility index (Phi) is 4.70. The summed E-state index contributed by atoms with van der Waals surface area (Å²) in [5.41, 5.74) is 0.350. The van der Waals surface area contributed by atoms with Gasteiger partial charge < -0.3 is 4.42 Å². The van der Waals surface area contributed by atoms with Crippen LogP contribution in [0.1, 0.15) is 16.1 Å². The summed E-state index contributed by atoms with van der Waals surface area (Å²) in [5.74, 6) is -1.53. The number of ketones is 1. The molecule has 0 aliphatic carbocycles. The summed E-state index contributed by atoms with van der Waals surface area (Å²) in [4.78, 5) is 22.1. The summed E-state index contributed by atoms with van der Waals surface area (Å²) in [6.07, 6.45) is 2.48. The Bertz CT molecular complexity index is 1010. The van der Waals surface area contributed by atoms with Gasteiger partial charge in [-0.3, -0.25) is 14.9 Å². The van der Waals surface area contributed by atoms with Crippen LogP contribution in [-0.4, -0.2) is 10.7 Å². The van der Waals surface area contributed by atoms with Crippen LogP contribution in [0.15, 0.2) is 65.1 Å². The quantitative estimate of drug-likeness (QED) is 0.278. The number of benzene rings is 2. The van der Waals surface area contributed by atoms with Crippen LogP contribution in [0.4, 0.5) is 14.5 Å². The molecule has 2 aromatic carbocycles. The van der Waals surface area contributed by atoms with Crippen LogP contribution < -0.4 is 0 Å². The van der Waals surface area contributed by atoms with Gasteiger partial charge in [0.2, 0.25) is 0 Å². The monoisotopic (exact) mass is 355 g/mol. The van der Waals surface area contributed by atoms with Crippen molar-refractivity contribution in [1.29, 1.82) is 0 Å². The minimum atomic E-state index is -0.939. The number of carbonyl (C=O) groups is 1. The number of non-ortho nitro benzene ring substituents is 1. The molecule has 0 saturated carbocycles. The molecule has 0 aliphatic rings. The molecule has 130 valence electrons. The molecule has 26 heavy (non-hydrogen) atoms. The average molecular weight is 355 g/mol. The average Bonchev–Trinajstić information content (AvgIpc) is 3.09. The fraction of sp³-hybridized carbons (Fsp3) is 0. The molecule has 0 unspecified atom stereocenters. The largest absolute Gasteiger partial charge is 0.457 e. The molecule has 5 nitrogen and oxygen atoms in total. The number of furan rings is 1. The molecule has 0 atom stereocenters. The molecule has 0 radical (unpaired) electrons. The van der Waals surface area contributed by atoms with E-state index in [-0.39, 0.29) is 11.3 Å². The van der Waals surface area contributed by atoms with E-state index in [1.807, 2.05) is 0 Å². The molecule has 1 heterocycles. The normalized spacial score (nSPS) is 11.0. The molecular formula is C19H11F2NO4. The molecule has 0 amide bonds. The highest BCUT2D eigenvalue weighted by molar-refractivity contribution is 6.06. The maximum atomic E-state index is 13.6. The lowest BCUT2D eigenvalue weighted by atomic mass is 10.1.